The third kappa shape index (κ3) is 4.58. The Hall–Kier alpha value is -1.32. The summed E-state index contributed by atoms with van der Waals surface area (Å²) in [4.78, 5) is 2.24. The van der Waals surface area contributed by atoms with E-state index in [-0.39, 0.29) is 5.54 Å². The lowest BCUT2D eigenvalue weighted by Gasteiger charge is -2.21. The maximum atomic E-state index is 3.58. The van der Waals surface area contributed by atoms with Crippen LogP contribution in [0.3, 0.4) is 0 Å². The van der Waals surface area contributed by atoms with Crippen LogP contribution < -0.4 is 5.32 Å². The molecule has 0 aliphatic carbocycles. The number of nitrogens with zero attached hydrogens (tertiary/aromatic N) is 2. The van der Waals surface area contributed by atoms with Crippen LogP contribution in [0.4, 0.5) is 0 Å². The van der Waals surface area contributed by atoms with Gasteiger partial charge < -0.3 is 14.8 Å². The van der Waals surface area contributed by atoms with Gasteiger partial charge in [-0.15, -0.1) is 0 Å². The van der Waals surface area contributed by atoms with Crippen molar-refractivity contribution in [1.29, 1.82) is 0 Å². The predicted octanol–water partition coefficient (Wildman–Crippen LogP) is 3.48. The Bertz CT molecular complexity index is 576. The van der Waals surface area contributed by atoms with E-state index in [4.69, 9.17) is 0 Å². The molecule has 0 unspecified atom stereocenters. The van der Waals surface area contributed by atoms with Crippen molar-refractivity contribution in [3.8, 4) is 0 Å². The summed E-state index contributed by atoms with van der Waals surface area (Å²) in [6.07, 6.45) is 3.40. The number of hydrogen-bond donors (Lipinski definition) is 1. The van der Waals surface area contributed by atoms with E-state index < -0.39 is 0 Å². The lowest BCUT2D eigenvalue weighted by Crippen LogP contribution is -2.35. The lowest BCUT2D eigenvalue weighted by molar-refractivity contribution is 0.388. The Labute approximate surface area is 128 Å². The highest BCUT2D eigenvalue weighted by Gasteiger charge is 2.11. The average Bonchev–Trinajstić information content (AvgIpc) is 2.79. The van der Waals surface area contributed by atoms with E-state index in [1.54, 1.807) is 0 Å². The fraction of sp³-hybridized carbons (Fsp3) is 0.556. The third-order valence-corrected chi connectivity index (χ3v) is 3.72. The fourth-order valence-corrected chi connectivity index (χ4v) is 2.55. The van der Waals surface area contributed by atoms with Gasteiger partial charge in [-0.3, -0.25) is 0 Å². The monoisotopic (exact) mass is 287 g/mol. The minimum absolute atomic E-state index is 0.149. The highest BCUT2D eigenvalue weighted by atomic mass is 15.1. The first-order valence-electron chi connectivity index (χ1n) is 7.83. The zero-order valence-corrected chi connectivity index (χ0v) is 14.1. The molecule has 116 valence electrons. The van der Waals surface area contributed by atoms with Crippen LogP contribution in [0, 0.1) is 0 Å². The van der Waals surface area contributed by atoms with Gasteiger partial charge in [0.1, 0.15) is 0 Å². The van der Waals surface area contributed by atoms with Crippen LogP contribution in [0.1, 0.15) is 32.8 Å². The molecule has 21 heavy (non-hydrogen) atoms. The van der Waals surface area contributed by atoms with Crippen molar-refractivity contribution < 1.29 is 0 Å². The van der Waals surface area contributed by atoms with Gasteiger partial charge in [-0.1, -0.05) is 12.1 Å². The van der Waals surface area contributed by atoms with E-state index in [0.29, 0.717) is 0 Å². The summed E-state index contributed by atoms with van der Waals surface area (Å²) in [5.74, 6) is 0. The van der Waals surface area contributed by atoms with Crippen molar-refractivity contribution in [2.75, 3.05) is 20.6 Å². The van der Waals surface area contributed by atoms with Crippen LogP contribution in [-0.4, -0.2) is 35.6 Å². The van der Waals surface area contributed by atoms with Crippen molar-refractivity contribution in [2.45, 2.75) is 45.8 Å². The minimum atomic E-state index is 0.149. The molecule has 0 saturated carbocycles. The van der Waals surface area contributed by atoms with E-state index in [0.717, 1.165) is 19.6 Å². The Morgan fingerprint density at radius 2 is 1.90 bits per heavy atom. The van der Waals surface area contributed by atoms with Crippen molar-refractivity contribution in [2.24, 2.45) is 0 Å². The number of aromatic nitrogens is 1. The molecule has 0 spiro atoms. The zero-order valence-electron chi connectivity index (χ0n) is 14.1. The molecule has 3 nitrogen and oxygen atoms in total. The van der Waals surface area contributed by atoms with Crippen LogP contribution in [-0.2, 0) is 13.1 Å². The molecule has 0 aliphatic rings. The third-order valence-electron chi connectivity index (χ3n) is 3.72. The van der Waals surface area contributed by atoms with Gasteiger partial charge >= 0.3 is 0 Å². The van der Waals surface area contributed by atoms with Crippen LogP contribution in [0.2, 0.25) is 0 Å². The molecule has 0 amide bonds. The van der Waals surface area contributed by atoms with Gasteiger partial charge in [-0.2, -0.15) is 0 Å². The second kappa shape index (κ2) is 6.63. The molecule has 0 aliphatic heterocycles. The van der Waals surface area contributed by atoms with Gasteiger partial charge in [0.2, 0.25) is 0 Å². The quantitative estimate of drug-likeness (QED) is 0.878. The Morgan fingerprint density at radius 3 is 2.57 bits per heavy atom. The maximum absolute atomic E-state index is 3.58. The molecule has 2 rings (SSSR count). The van der Waals surface area contributed by atoms with E-state index in [9.17, 15) is 0 Å². The molecule has 1 aromatic heterocycles. The Balaban J connectivity index is 2.13. The number of benzene rings is 1. The number of nitrogens with one attached hydrogen (secondary N) is 1. The standard InChI is InChI=1S/C18H29N3/c1-18(2,3)19-14-15-8-6-9-17-16(15)10-13-21(17)12-7-11-20(4)5/h6,8-10,13,19H,7,11-12,14H2,1-5H3. The lowest BCUT2D eigenvalue weighted by atomic mass is 10.1. The number of aryl methyl sites for hydroxylation is 1. The van der Waals surface area contributed by atoms with Crippen LogP contribution >= 0.6 is 0 Å². The van der Waals surface area contributed by atoms with Crippen molar-refractivity contribution >= 4 is 10.9 Å². The number of hydrogen-bond acceptors (Lipinski definition) is 2. The summed E-state index contributed by atoms with van der Waals surface area (Å²) in [6, 6.07) is 8.88. The predicted molar refractivity (Wildman–Crippen MR) is 91.7 cm³/mol. The van der Waals surface area contributed by atoms with Crippen molar-refractivity contribution in [1.82, 2.24) is 14.8 Å². The smallest absolute Gasteiger partial charge is 0.0483 e. The van der Waals surface area contributed by atoms with Gasteiger partial charge in [0.25, 0.3) is 0 Å². The molecule has 1 aromatic carbocycles. The Morgan fingerprint density at radius 1 is 1.14 bits per heavy atom. The largest absolute Gasteiger partial charge is 0.347 e. The van der Waals surface area contributed by atoms with Crippen LogP contribution in [0.5, 0.6) is 0 Å². The van der Waals surface area contributed by atoms with Gasteiger partial charge in [-0.25, -0.2) is 0 Å². The van der Waals surface area contributed by atoms with E-state index in [1.807, 2.05) is 0 Å². The number of fused-ring (bicyclic) bond motifs is 1. The molecule has 0 atom stereocenters. The van der Waals surface area contributed by atoms with Crippen molar-refractivity contribution in [3.05, 3.63) is 36.0 Å². The van der Waals surface area contributed by atoms with Crippen molar-refractivity contribution in [3.63, 3.8) is 0 Å². The van der Waals surface area contributed by atoms with Crippen LogP contribution in [0.15, 0.2) is 30.5 Å². The van der Waals surface area contributed by atoms with Gasteiger partial charge in [0, 0.05) is 35.7 Å². The maximum Gasteiger partial charge on any atom is 0.0483 e. The highest BCUT2D eigenvalue weighted by Crippen LogP contribution is 2.21. The molecule has 0 saturated heterocycles. The number of rotatable bonds is 6. The molecular formula is C18H29N3. The normalized spacial score (nSPS) is 12.5. The average molecular weight is 287 g/mol. The first-order valence-corrected chi connectivity index (χ1v) is 7.83. The summed E-state index contributed by atoms with van der Waals surface area (Å²) in [5.41, 5.74) is 2.88. The van der Waals surface area contributed by atoms with Crippen LogP contribution in [0.25, 0.3) is 10.9 Å². The molecule has 0 bridgehead atoms. The first-order chi connectivity index (χ1) is 9.87. The summed E-state index contributed by atoms with van der Waals surface area (Å²) in [5, 5.41) is 4.96. The van der Waals surface area contributed by atoms with E-state index in [1.165, 1.54) is 22.9 Å². The van der Waals surface area contributed by atoms with Gasteiger partial charge in [0.15, 0.2) is 0 Å². The van der Waals surface area contributed by atoms with E-state index >= 15 is 0 Å². The minimum Gasteiger partial charge on any atom is -0.347 e. The first kappa shape index (κ1) is 16.1. The Kier molecular flexibility index (Phi) is 5.07. The highest BCUT2D eigenvalue weighted by molar-refractivity contribution is 5.83. The van der Waals surface area contributed by atoms with Gasteiger partial charge in [-0.05, 0) is 65.5 Å². The molecule has 2 aromatic rings. The molecule has 1 N–H and O–H groups in total. The summed E-state index contributed by atoms with van der Waals surface area (Å²) in [7, 11) is 4.26. The second-order valence-corrected chi connectivity index (χ2v) is 7.12. The molecule has 0 fully saturated rings. The zero-order chi connectivity index (χ0) is 15.5. The molecule has 3 heteroatoms. The topological polar surface area (TPSA) is 20.2 Å². The SMILES string of the molecule is CN(C)CCCn1ccc2c(CNC(C)(C)C)cccc21. The van der Waals surface area contributed by atoms with Gasteiger partial charge in [0.05, 0.1) is 0 Å². The molecule has 1 heterocycles. The molecule has 0 radical (unpaired) electrons. The second-order valence-electron chi connectivity index (χ2n) is 7.12. The summed E-state index contributed by atoms with van der Waals surface area (Å²) in [6.45, 7) is 9.75. The summed E-state index contributed by atoms with van der Waals surface area (Å²) >= 11 is 0. The summed E-state index contributed by atoms with van der Waals surface area (Å²) < 4.78 is 2.37. The molecular weight excluding hydrogens is 258 g/mol. The fourth-order valence-electron chi connectivity index (χ4n) is 2.55. The van der Waals surface area contributed by atoms with E-state index in [2.05, 4.69) is 80.1 Å².